The zero-order chi connectivity index (χ0) is 18.4. The first-order valence-electron chi connectivity index (χ1n) is 9.42. The highest BCUT2D eigenvalue weighted by Crippen LogP contribution is 2.28. The Morgan fingerprint density at radius 2 is 1.92 bits per heavy atom. The van der Waals surface area contributed by atoms with Gasteiger partial charge in [0.2, 0.25) is 0 Å². The molecular formula is C21H28N2O2S. The van der Waals surface area contributed by atoms with Crippen LogP contribution in [0, 0.1) is 5.92 Å². The Kier molecular flexibility index (Phi) is 6.69. The lowest BCUT2D eigenvalue weighted by atomic mass is 10.1. The predicted octanol–water partition coefficient (Wildman–Crippen LogP) is 4.35. The summed E-state index contributed by atoms with van der Waals surface area (Å²) in [5.74, 6) is 1.27. The van der Waals surface area contributed by atoms with E-state index < -0.39 is 0 Å². The third-order valence-corrected chi connectivity index (χ3v) is 5.58. The van der Waals surface area contributed by atoms with Crippen LogP contribution in [-0.2, 0) is 0 Å². The Labute approximate surface area is 160 Å². The zero-order valence-corrected chi connectivity index (χ0v) is 16.4. The second kappa shape index (κ2) is 9.19. The number of hydrogen-bond acceptors (Lipinski definition) is 4. The highest BCUT2D eigenvalue weighted by Gasteiger charge is 2.24. The van der Waals surface area contributed by atoms with Gasteiger partial charge < -0.3 is 10.1 Å². The summed E-state index contributed by atoms with van der Waals surface area (Å²) in [6.07, 6.45) is 2.49. The van der Waals surface area contributed by atoms with E-state index in [2.05, 4.69) is 41.6 Å². The average molecular weight is 373 g/mol. The average Bonchev–Trinajstić information content (AvgIpc) is 3.35. The number of nitrogens with zero attached hydrogens (tertiary/aromatic N) is 1. The molecular weight excluding hydrogens is 344 g/mol. The molecule has 0 spiro atoms. The normalized spacial score (nSPS) is 16.0. The molecule has 2 heterocycles. The smallest absolute Gasteiger partial charge is 0.251 e. The number of nitrogens with one attached hydrogen (secondary N) is 1. The maximum absolute atomic E-state index is 12.5. The molecule has 140 valence electrons. The zero-order valence-electron chi connectivity index (χ0n) is 15.6. The quantitative estimate of drug-likeness (QED) is 0.749. The molecule has 2 aromatic rings. The molecule has 0 bridgehead atoms. The Morgan fingerprint density at radius 1 is 1.19 bits per heavy atom. The molecule has 1 saturated heterocycles. The van der Waals surface area contributed by atoms with Crippen LogP contribution in [0.25, 0.3) is 0 Å². The minimum atomic E-state index is -0.0267. The van der Waals surface area contributed by atoms with Crippen molar-refractivity contribution in [2.24, 2.45) is 5.92 Å². The summed E-state index contributed by atoms with van der Waals surface area (Å²) in [5.41, 5.74) is 0.674. The summed E-state index contributed by atoms with van der Waals surface area (Å²) < 4.78 is 5.68. The number of rotatable bonds is 8. The Morgan fingerprint density at radius 3 is 2.54 bits per heavy atom. The van der Waals surface area contributed by atoms with Crippen molar-refractivity contribution in [3.05, 3.63) is 52.2 Å². The van der Waals surface area contributed by atoms with E-state index in [4.69, 9.17) is 4.74 Å². The van der Waals surface area contributed by atoms with Crippen LogP contribution in [0.2, 0.25) is 0 Å². The van der Waals surface area contributed by atoms with Gasteiger partial charge in [0, 0.05) is 17.0 Å². The van der Waals surface area contributed by atoms with Gasteiger partial charge in [-0.25, -0.2) is 0 Å². The molecule has 0 aliphatic carbocycles. The molecule has 1 unspecified atom stereocenters. The van der Waals surface area contributed by atoms with E-state index in [-0.39, 0.29) is 11.9 Å². The molecule has 1 fully saturated rings. The lowest BCUT2D eigenvalue weighted by Gasteiger charge is -2.27. The highest BCUT2D eigenvalue weighted by atomic mass is 32.1. The van der Waals surface area contributed by atoms with Gasteiger partial charge in [0.15, 0.2) is 0 Å². The third kappa shape index (κ3) is 5.08. The topological polar surface area (TPSA) is 41.6 Å². The van der Waals surface area contributed by atoms with Crippen molar-refractivity contribution >= 4 is 17.2 Å². The molecule has 3 rings (SSSR count). The van der Waals surface area contributed by atoms with Gasteiger partial charge in [-0.15, -0.1) is 11.3 Å². The molecule has 1 atom stereocenters. The summed E-state index contributed by atoms with van der Waals surface area (Å²) in [7, 11) is 0. The van der Waals surface area contributed by atoms with E-state index in [1.165, 1.54) is 17.7 Å². The summed E-state index contributed by atoms with van der Waals surface area (Å²) in [5, 5.41) is 5.23. The van der Waals surface area contributed by atoms with Crippen molar-refractivity contribution in [3.63, 3.8) is 0 Å². The lowest BCUT2D eigenvalue weighted by Crippen LogP contribution is -2.36. The van der Waals surface area contributed by atoms with E-state index in [0.717, 1.165) is 18.8 Å². The van der Waals surface area contributed by atoms with Crippen LogP contribution in [0.4, 0.5) is 0 Å². The van der Waals surface area contributed by atoms with Gasteiger partial charge in [-0.05, 0) is 67.6 Å². The van der Waals surface area contributed by atoms with Gasteiger partial charge in [-0.1, -0.05) is 19.9 Å². The highest BCUT2D eigenvalue weighted by molar-refractivity contribution is 7.10. The summed E-state index contributed by atoms with van der Waals surface area (Å²) in [4.78, 5) is 16.3. The molecule has 26 heavy (non-hydrogen) atoms. The molecule has 5 heteroatoms. The van der Waals surface area contributed by atoms with Crippen molar-refractivity contribution in [3.8, 4) is 5.75 Å². The first-order valence-corrected chi connectivity index (χ1v) is 10.3. The Bertz CT molecular complexity index is 677. The predicted molar refractivity (Wildman–Crippen MR) is 107 cm³/mol. The van der Waals surface area contributed by atoms with Crippen LogP contribution >= 0.6 is 11.3 Å². The van der Waals surface area contributed by atoms with Crippen molar-refractivity contribution in [2.45, 2.75) is 32.7 Å². The SMILES string of the molecule is CC(C)COc1ccc(C(=O)NCC(c2cccs2)N2CCCC2)cc1. The number of benzene rings is 1. The van der Waals surface area contributed by atoms with Gasteiger partial charge in [-0.3, -0.25) is 9.69 Å². The molecule has 1 N–H and O–H groups in total. The van der Waals surface area contributed by atoms with Crippen molar-refractivity contribution in [1.29, 1.82) is 0 Å². The third-order valence-electron chi connectivity index (χ3n) is 4.61. The van der Waals surface area contributed by atoms with Gasteiger partial charge in [-0.2, -0.15) is 0 Å². The maximum Gasteiger partial charge on any atom is 0.251 e. The van der Waals surface area contributed by atoms with E-state index in [1.54, 1.807) is 11.3 Å². The number of carbonyl (C=O) groups is 1. The van der Waals surface area contributed by atoms with E-state index >= 15 is 0 Å². The number of ether oxygens (including phenoxy) is 1. The first kappa shape index (κ1) is 18.9. The molecule has 1 aliphatic rings. The first-order chi connectivity index (χ1) is 12.6. The van der Waals surface area contributed by atoms with Crippen LogP contribution < -0.4 is 10.1 Å². The number of likely N-dealkylation sites (tertiary alicyclic amines) is 1. The van der Waals surface area contributed by atoms with Crippen molar-refractivity contribution in [1.82, 2.24) is 10.2 Å². The van der Waals surface area contributed by atoms with Crippen molar-refractivity contribution < 1.29 is 9.53 Å². The molecule has 0 saturated carbocycles. The van der Waals surface area contributed by atoms with Crippen LogP contribution in [0.3, 0.4) is 0 Å². The summed E-state index contributed by atoms with van der Waals surface area (Å²) in [6.45, 7) is 7.79. The molecule has 4 nitrogen and oxygen atoms in total. The van der Waals surface area contributed by atoms with E-state index in [1.807, 2.05) is 24.3 Å². The number of thiophene rings is 1. The van der Waals surface area contributed by atoms with Gasteiger partial charge >= 0.3 is 0 Å². The molecule has 1 amide bonds. The minimum Gasteiger partial charge on any atom is -0.493 e. The van der Waals surface area contributed by atoms with E-state index in [0.29, 0.717) is 24.6 Å². The van der Waals surface area contributed by atoms with Gasteiger partial charge in [0.05, 0.1) is 12.6 Å². The minimum absolute atomic E-state index is 0.0267. The summed E-state index contributed by atoms with van der Waals surface area (Å²) in [6, 6.07) is 11.9. The van der Waals surface area contributed by atoms with E-state index in [9.17, 15) is 4.79 Å². The fourth-order valence-electron chi connectivity index (χ4n) is 3.20. The number of hydrogen-bond donors (Lipinski definition) is 1. The molecule has 1 aliphatic heterocycles. The molecule has 1 aromatic carbocycles. The van der Waals surface area contributed by atoms with Crippen LogP contribution in [0.5, 0.6) is 5.75 Å². The maximum atomic E-state index is 12.5. The fraction of sp³-hybridized carbons (Fsp3) is 0.476. The Hall–Kier alpha value is -1.85. The standard InChI is InChI=1S/C21H28N2O2S/c1-16(2)15-25-18-9-7-17(8-10-18)21(24)22-14-19(20-6-5-13-26-20)23-11-3-4-12-23/h5-10,13,16,19H,3-4,11-12,14-15H2,1-2H3,(H,22,24). The monoisotopic (exact) mass is 372 g/mol. The lowest BCUT2D eigenvalue weighted by molar-refractivity contribution is 0.0938. The largest absolute Gasteiger partial charge is 0.493 e. The molecule has 0 radical (unpaired) electrons. The number of carbonyl (C=O) groups excluding carboxylic acids is 1. The van der Waals surface area contributed by atoms with Crippen LogP contribution in [-0.4, -0.2) is 37.0 Å². The van der Waals surface area contributed by atoms with Gasteiger partial charge in [0.25, 0.3) is 5.91 Å². The fourth-order valence-corrected chi connectivity index (χ4v) is 4.06. The second-order valence-electron chi connectivity index (χ2n) is 7.21. The van der Waals surface area contributed by atoms with Gasteiger partial charge in [0.1, 0.15) is 5.75 Å². The second-order valence-corrected chi connectivity index (χ2v) is 8.19. The summed E-state index contributed by atoms with van der Waals surface area (Å²) >= 11 is 1.77. The van der Waals surface area contributed by atoms with Crippen molar-refractivity contribution in [2.75, 3.05) is 26.2 Å². The van der Waals surface area contributed by atoms with Crippen LogP contribution in [0.15, 0.2) is 41.8 Å². The molecule has 1 aromatic heterocycles. The van der Waals surface area contributed by atoms with Crippen LogP contribution in [0.1, 0.15) is 48.0 Å². The Balaban J connectivity index is 1.58. The number of amides is 1.